The van der Waals surface area contributed by atoms with Gasteiger partial charge in [0.1, 0.15) is 0 Å². The fourth-order valence-electron chi connectivity index (χ4n) is 7.92. The molecule has 0 radical (unpaired) electrons. The normalized spacial score (nSPS) is 11.6. The maximum atomic E-state index is 2.39. The van der Waals surface area contributed by atoms with Gasteiger partial charge in [0.25, 0.3) is 0 Å². The number of rotatable bonds is 5. The van der Waals surface area contributed by atoms with E-state index in [2.05, 4.69) is 204 Å². The van der Waals surface area contributed by atoms with Gasteiger partial charge in [-0.25, -0.2) is 0 Å². The summed E-state index contributed by atoms with van der Waals surface area (Å²) < 4.78 is 4.77. The van der Waals surface area contributed by atoms with E-state index in [9.17, 15) is 0 Å². The molecule has 2 aromatic heterocycles. The number of fused-ring (bicyclic) bond motifs is 6. The van der Waals surface area contributed by atoms with E-state index in [0.29, 0.717) is 0 Å². The molecule has 2 heteroatoms. The Kier molecular flexibility index (Phi) is 6.75. The minimum atomic E-state index is 1.16. The quantitative estimate of drug-likeness (QED) is 0.175. The Morgan fingerprint density at radius 2 is 0.706 bits per heavy atom. The lowest BCUT2D eigenvalue weighted by molar-refractivity contribution is 1.17. The average molecular weight is 651 g/mol. The van der Waals surface area contributed by atoms with Gasteiger partial charge in [-0.2, -0.15) is 0 Å². The van der Waals surface area contributed by atoms with Crippen molar-refractivity contribution >= 4 is 43.6 Å². The summed E-state index contributed by atoms with van der Waals surface area (Å²) in [5, 5.41) is 5.06. The predicted octanol–water partition coefficient (Wildman–Crippen LogP) is 13.2. The van der Waals surface area contributed by atoms with Crippen molar-refractivity contribution < 1.29 is 0 Å². The van der Waals surface area contributed by atoms with Gasteiger partial charge in [-0.3, -0.25) is 0 Å². The van der Waals surface area contributed by atoms with Gasteiger partial charge in [-0.15, -0.1) is 0 Å². The average Bonchev–Trinajstić information content (AvgIpc) is 3.71. The first-order valence-corrected chi connectivity index (χ1v) is 17.6. The van der Waals surface area contributed by atoms with Crippen LogP contribution in [0.2, 0.25) is 0 Å². The number of benzene rings is 8. The van der Waals surface area contributed by atoms with E-state index < -0.39 is 0 Å². The summed E-state index contributed by atoms with van der Waals surface area (Å²) in [7, 11) is 0. The highest BCUT2D eigenvalue weighted by Crippen LogP contribution is 2.38. The van der Waals surface area contributed by atoms with E-state index in [1.54, 1.807) is 0 Å². The van der Waals surface area contributed by atoms with Gasteiger partial charge >= 0.3 is 0 Å². The Bertz CT molecular complexity index is 2890. The van der Waals surface area contributed by atoms with Crippen molar-refractivity contribution in [3.05, 3.63) is 194 Å². The largest absolute Gasteiger partial charge is 0.309 e. The second-order valence-electron chi connectivity index (χ2n) is 13.5. The molecule has 2 nitrogen and oxygen atoms in total. The molecule has 0 fully saturated rings. The van der Waals surface area contributed by atoms with Crippen molar-refractivity contribution in [2.75, 3.05) is 0 Å². The van der Waals surface area contributed by atoms with E-state index in [4.69, 9.17) is 0 Å². The number of nitrogens with zero attached hydrogens (tertiary/aromatic N) is 2. The lowest BCUT2D eigenvalue weighted by atomic mass is 9.98. The lowest BCUT2D eigenvalue weighted by Gasteiger charge is -2.10. The van der Waals surface area contributed by atoms with Crippen molar-refractivity contribution in [1.29, 1.82) is 0 Å². The van der Waals surface area contributed by atoms with Crippen molar-refractivity contribution in [3.63, 3.8) is 0 Å². The van der Waals surface area contributed by atoms with E-state index in [1.807, 2.05) is 0 Å². The first kappa shape index (κ1) is 29.3. The number of aromatic nitrogens is 2. The van der Waals surface area contributed by atoms with E-state index in [-0.39, 0.29) is 0 Å². The first-order chi connectivity index (χ1) is 25.2. The van der Waals surface area contributed by atoms with Crippen LogP contribution in [-0.2, 0) is 0 Å². The first-order valence-electron chi connectivity index (χ1n) is 17.6. The Labute approximate surface area is 297 Å². The molecule has 0 spiro atoms. The van der Waals surface area contributed by atoms with Gasteiger partial charge in [-0.05, 0) is 107 Å². The number of aryl methyl sites for hydroxylation is 1. The number of hydrogen-bond acceptors (Lipinski definition) is 0. The minimum absolute atomic E-state index is 1.16. The van der Waals surface area contributed by atoms with Crippen LogP contribution >= 0.6 is 0 Å². The fourth-order valence-corrected chi connectivity index (χ4v) is 7.92. The molecule has 2 heterocycles. The van der Waals surface area contributed by atoms with Crippen LogP contribution in [0.15, 0.2) is 188 Å². The molecule has 0 atom stereocenters. The number of para-hydroxylation sites is 2. The fraction of sp³-hybridized carbons (Fsp3) is 0.0204. The summed E-state index contributed by atoms with van der Waals surface area (Å²) in [6, 6.07) is 68.5. The molecule has 240 valence electrons. The molecule has 0 saturated carbocycles. The van der Waals surface area contributed by atoms with Crippen LogP contribution in [0.4, 0.5) is 0 Å². The van der Waals surface area contributed by atoms with Gasteiger partial charge in [0.15, 0.2) is 0 Å². The predicted molar refractivity (Wildman–Crippen MR) is 216 cm³/mol. The zero-order valence-electron chi connectivity index (χ0n) is 28.3. The smallest absolute Gasteiger partial charge is 0.0541 e. The zero-order valence-corrected chi connectivity index (χ0v) is 28.3. The molecule has 0 saturated heterocycles. The van der Waals surface area contributed by atoms with Crippen LogP contribution in [-0.4, -0.2) is 9.13 Å². The van der Waals surface area contributed by atoms with Crippen LogP contribution in [0, 0.1) is 6.92 Å². The van der Waals surface area contributed by atoms with Crippen molar-refractivity contribution in [2.24, 2.45) is 0 Å². The third-order valence-corrected chi connectivity index (χ3v) is 10.4. The molecular formula is C49H34N2. The van der Waals surface area contributed by atoms with E-state index >= 15 is 0 Å². The lowest BCUT2D eigenvalue weighted by Crippen LogP contribution is -1.94. The molecule has 8 aromatic carbocycles. The van der Waals surface area contributed by atoms with Gasteiger partial charge in [-0.1, -0.05) is 127 Å². The monoisotopic (exact) mass is 650 g/mol. The summed E-state index contributed by atoms with van der Waals surface area (Å²) in [5.41, 5.74) is 15.8. The molecule has 10 aromatic rings. The Balaban J connectivity index is 1.02. The molecule has 0 N–H and O–H groups in total. The highest BCUT2D eigenvalue weighted by Gasteiger charge is 2.15. The molecule has 0 aliphatic rings. The zero-order chi connectivity index (χ0) is 33.9. The van der Waals surface area contributed by atoms with Gasteiger partial charge in [0.2, 0.25) is 0 Å². The molecule has 10 rings (SSSR count). The molecule has 0 amide bonds. The van der Waals surface area contributed by atoms with Crippen LogP contribution in [0.5, 0.6) is 0 Å². The van der Waals surface area contributed by atoms with Gasteiger partial charge in [0, 0.05) is 32.9 Å². The van der Waals surface area contributed by atoms with Crippen LogP contribution < -0.4 is 0 Å². The maximum Gasteiger partial charge on any atom is 0.0541 e. The molecule has 0 aliphatic heterocycles. The van der Waals surface area contributed by atoms with E-state index in [0.717, 1.165) is 5.69 Å². The molecule has 0 aliphatic carbocycles. The highest BCUT2D eigenvalue weighted by molar-refractivity contribution is 6.11. The summed E-state index contributed by atoms with van der Waals surface area (Å²) in [6.07, 6.45) is 0. The maximum absolute atomic E-state index is 2.39. The Hall–Kier alpha value is -6.64. The summed E-state index contributed by atoms with van der Waals surface area (Å²) >= 11 is 0. The van der Waals surface area contributed by atoms with Crippen molar-refractivity contribution in [3.8, 4) is 44.8 Å². The summed E-state index contributed by atoms with van der Waals surface area (Å²) in [6.45, 7) is 2.15. The van der Waals surface area contributed by atoms with Crippen LogP contribution in [0.3, 0.4) is 0 Å². The minimum Gasteiger partial charge on any atom is -0.309 e. The Morgan fingerprint density at radius 1 is 0.275 bits per heavy atom. The number of hydrogen-bond donors (Lipinski definition) is 0. The molecular weight excluding hydrogens is 617 g/mol. The van der Waals surface area contributed by atoms with Gasteiger partial charge in [0.05, 0.1) is 22.1 Å². The second-order valence-corrected chi connectivity index (χ2v) is 13.5. The van der Waals surface area contributed by atoms with Crippen molar-refractivity contribution in [2.45, 2.75) is 6.92 Å². The Morgan fingerprint density at radius 3 is 1.27 bits per heavy atom. The van der Waals surface area contributed by atoms with Crippen molar-refractivity contribution in [1.82, 2.24) is 9.13 Å². The SMILES string of the molecule is Cc1cccc(-n2c3ccccc3c3cc(-c4ccc(-c5ccc6c(c5)c5ccccc5n6-c5ccc(-c6ccccc6)cc5)cc4)ccc32)c1. The second kappa shape index (κ2) is 11.8. The molecule has 0 unspecified atom stereocenters. The standard InChI is InChI=1S/C49H34N2/c1-33-10-9-13-41(30-33)51-47-17-8-6-15-43(47)45-32-39(25-29-49(45)51)37-20-18-36(19-21-37)38-24-28-48-44(31-38)42-14-5-7-16-46(42)50(48)40-26-22-35(23-27-40)34-11-3-2-4-12-34/h2-32H,1H3. The summed E-state index contributed by atoms with van der Waals surface area (Å²) in [5.74, 6) is 0. The molecule has 51 heavy (non-hydrogen) atoms. The third-order valence-electron chi connectivity index (χ3n) is 10.4. The van der Waals surface area contributed by atoms with E-state index in [1.165, 1.54) is 88.2 Å². The molecule has 0 bridgehead atoms. The van der Waals surface area contributed by atoms with Crippen LogP contribution in [0.1, 0.15) is 5.56 Å². The third kappa shape index (κ3) is 4.87. The summed E-state index contributed by atoms with van der Waals surface area (Å²) in [4.78, 5) is 0. The van der Waals surface area contributed by atoms with Gasteiger partial charge < -0.3 is 9.13 Å². The van der Waals surface area contributed by atoms with Crippen LogP contribution in [0.25, 0.3) is 88.4 Å². The highest BCUT2D eigenvalue weighted by atomic mass is 15.0. The topological polar surface area (TPSA) is 9.86 Å².